The Morgan fingerprint density at radius 3 is 2.68 bits per heavy atom. The highest BCUT2D eigenvalue weighted by Gasteiger charge is 2.35. The van der Waals surface area contributed by atoms with E-state index in [0.717, 1.165) is 32.5 Å². The van der Waals surface area contributed by atoms with Crippen LogP contribution < -0.4 is 10.2 Å². The average molecular weight is 385 g/mol. The third-order valence-electron chi connectivity index (χ3n) is 5.05. The fourth-order valence-electron chi connectivity index (χ4n) is 3.72. The maximum atomic E-state index is 12.9. The van der Waals surface area contributed by atoms with Crippen molar-refractivity contribution in [3.63, 3.8) is 0 Å². The van der Waals surface area contributed by atoms with Crippen LogP contribution in [0.5, 0.6) is 0 Å². The number of fused-ring (bicyclic) bond motifs is 4. The molecule has 5 rings (SSSR count). The Labute approximate surface area is 157 Å². The summed E-state index contributed by atoms with van der Waals surface area (Å²) in [6, 6.07) is 4.03. The summed E-state index contributed by atoms with van der Waals surface area (Å²) in [6.07, 6.45) is 2.31. The van der Waals surface area contributed by atoms with Gasteiger partial charge in [-0.05, 0) is 37.9 Å². The topological polar surface area (TPSA) is 61.6 Å². The van der Waals surface area contributed by atoms with E-state index >= 15 is 0 Å². The molecule has 0 radical (unpaired) electrons. The predicted molar refractivity (Wildman–Crippen MR) is 101 cm³/mol. The normalized spacial score (nSPS) is 24.8. The standard InChI is InChI=1S/C17H21ClN4O2.ClH/c1-21(2)17-20-15-12(7-11(18)8-14(15)24-17)16(23)19-13-9-22-5-3-10(13)4-6-22;/h7-8,10,13H,3-6,9H2,1-2H3,(H,19,23);1H/t13-;/m1./s1. The van der Waals surface area contributed by atoms with Crippen LogP contribution in [0.2, 0.25) is 5.02 Å². The van der Waals surface area contributed by atoms with Gasteiger partial charge in [-0.3, -0.25) is 4.79 Å². The number of aromatic nitrogens is 1. The fraction of sp³-hybridized carbons (Fsp3) is 0.529. The lowest BCUT2D eigenvalue weighted by Gasteiger charge is -2.44. The van der Waals surface area contributed by atoms with Gasteiger partial charge in [-0.25, -0.2) is 0 Å². The van der Waals surface area contributed by atoms with Crippen molar-refractivity contribution in [1.29, 1.82) is 0 Å². The number of nitrogens with zero attached hydrogens (tertiary/aromatic N) is 3. The van der Waals surface area contributed by atoms with Gasteiger partial charge in [-0.2, -0.15) is 4.98 Å². The highest BCUT2D eigenvalue weighted by molar-refractivity contribution is 6.32. The van der Waals surface area contributed by atoms with Crippen molar-refractivity contribution in [2.24, 2.45) is 5.92 Å². The summed E-state index contributed by atoms with van der Waals surface area (Å²) in [5, 5.41) is 3.66. The van der Waals surface area contributed by atoms with Gasteiger partial charge in [0.1, 0.15) is 5.52 Å². The maximum absolute atomic E-state index is 12.9. The number of piperidine rings is 3. The van der Waals surface area contributed by atoms with Gasteiger partial charge in [0.15, 0.2) is 5.58 Å². The number of hydrogen-bond acceptors (Lipinski definition) is 5. The Balaban J connectivity index is 0.00000182. The van der Waals surface area contributed by atoms with E-state index in [-0.39, 0.29) is 24.4 Å². The molecule has 2 aromatic rings. The lowest BCUT2D eigenvalue weighted by Crippen LogP contribution is -2.57. The molecule has 4 heterocycles. The van der Waals surface area contributed by atoms with Gasteiger partial charge < -0.3 is 19.5 Å². The summed E-state index contributed by atoms with van der Waals surface area (Å²) >= 11 is 6.17. The number of halogens is 2. The molecule has 3 fully saturated rings. The zero-order valence-corrected chi connectivity index (χ0v) is 15.9. The predicted octanol–water partition coefficient (Wildman–Crippen LogP) is 2.79. The molecule has 1 amide bonds. The Morgan fingerprint density at radius 1 is 1.36 bits per heavy atom. The maximum Gasteiger partial charge on any atom is 0.297 e. The van der Waals surface area contributed by atoms with E-state index in [2.05, 4.69) is 15.2 Å². The van der Waals surface area contributed by atoms with Crippen molar-refractivity contribution in [2.45, 2.75) is 18.9 Å². The summed E-state index contributed by atoms with van der Waals surface area (Å²) < 4.78 is 5.68. The monoisotopic (exact) mass is 384 g/mol. The van der Waals surface area contributed by atoms with E-state index in [4.69, 9.17) is 16.0 Å². The van der Waals surface area contributed by atoms with Gasteiger partial charge >= 0.3 is 0 Å². The molecule has 1 aromatic heterocycles. The number of nitrogens with one attached hydrogen (secondary N) is 1. The summed E-state index contributed by atoms with van der Waals surface area (Å²) in [5.74, 6) is 0.447. The summed E-state index contributed by atoms with van der Waals surface area (Å²) in [4.78, 5) is 21.5. The minimum absolute atomic E-state index is 0. The molecule has 25 heavy (non-hydrogen) atoms. The first kappa shape index (κ1) is 18.3. The Morgan fingerprint density at radius 2 is 2.08 bits per heavy atom. The first-order valence-corrected chi connectivity index (χ1v) is 8.69. The van der Waals surface area contributed by atoms with Crippen molar-refractivity contribution in [1.82, 2.24) is 15.2 Å². The lowest BCUT2D eigenvalue weighted by molar-refractivity contribution is 0.0621. The van der Waals surface area contributed by atoms with Crippen molar-refractivity contribution >= 4 is 47.0 Å². The summed E-state index contributed by atoms with van der Waals surface area (Å²) in [5.41, 5.74) is 1.57. The molecule has 2 bridgehead atoms. The molecular formula is C17H22Cl2N4O2. The molecule has 8 heteroatoms. The molecule has 136 valence electrons. The van der Waals surface area contributed by atoms with E-state index in [1.165, 1.54) is 0 Å². The number of benzene rings is 1. The van der Waals surface area contributed by atoms with Crippen LogP contribution in [0.25, 0.3) is 11.1 Å². The molecule has 1 N–H and O–H groups in total. The van der Waals surface area contributed by atoms with Crippen LogP contribution in [0.1, 0.15) is 23.2 Å². The Kier molecular flexibility index (Phi) is 5.14. The number of rotatable bonds is 3. The van der Waals surface area contributed by atoms with Crippen molar-refractivity contribution in [2.75, 3.05) is 38.6 Å². The minimum atomic E-state index is -0.125. The average Bonchev–Trinajstić information content (AvgIpc) is 2.99. The molecule has 0 aliphatic carbocycles. The van der Waals surface area contributed by atoms with Gasteiger partial charge in [-0.15, -0.1) is 12.4 Å². The van der Waals surface area contributed by atoms with E-state index < -0.39 is 0 Å². The smallest absolute Gasteiger partial charge is 0.297 e. The molecule has 3 aliphatic heterocycles. The van der Waals surface area contributed by atoms with Gasteiger partial charge in [0.05, 0.1) is 5.56 Å². The second-order valence-corrected chi connectivity index (χ2v) is 7.35. The van der Waals surface area contributed by atoms with Crippen LogP contribution in [0.15, 0.2) is 16.5 Å². The lowest BCUT2D eigenvalue weighted by atomic mass is 9.84. The molecule has 3 saturated heterocycles. The van der Waals surface area contributed by atoms with Crippen LogP contribution in [0.4, 0.5) is 6.01 Å². The van der Waals surface area contributed by atoms with Crippen molar-refractivity contribution in [3.8, 4) is 0 Å². The second kappa shape index (κ2) is 7.02. The number of carbonyl (C=O) groups excluding carboxylic acids is 1. The second-order valence-electron chi connectivity index (χ2n) is 6.91. The summed E-state index contributed by atoms with van der Waals surface area (Å²) in [7, 11) is 3.69. The molecule has 6 nitrogen and oxygen atoms in total. The zero-order valence-electron chi connectivity index (χ0n) is 14.3. The van der Waals surface area contributed by atoms with Crippen molar-refractivity contribution in [3.05, 3.63) is 22.7 Å². The molecule has 1 aromatic carbocycles. The van der Waals surface area contributed by atoms with E-state index in [0.29, 0.717) is 33.6 Å². The van der Waals surface area contributed by atoms with Gasteiger partial charge in [-0.1, -0.05) is 11.6 Å². The molecule has 3 aliphatic rings. The SMILES string of the molecule is CN(C)c1nc2c(C(=O)N[C@@H]3CN4CCC3CC4)cc(Cl)cc2o1.Cl. The van der Waals surface area contributed by atoms with Crippen LogP contribution >= 0.6 is 24.0 Å². The molecule has 0 spiro atoms. The Hall–Kier alpha value is -1.50. The quantitative estimate of drug-likeness (QED) is 0.881. The number of carbonyl (C=O) groups is 1. The largest absolute Gasteiger partial charge is 0.423 e. The fourth-order valence-corrected chi connectivity index (χ4v) is 3.93. The first-order valence-electron chi connectivity index (χ1n) is 8.32. The number of anilines is 1. The molecule has 0 unspecified atom stereocenters. The third kappa shape index (κ3) is 3.43. The van der Waals surface area contributed by atoms with Gasteiger partial charge in [0.2, 0.25) is 0 Å². The molecule has 0 saturated carbocycles. The highest BCUT2D eigenvalue weighted by Crippen LogP contribution is 2.30. The molecular weight excluding hydrogens is 363 g/mol. The third-order valence-corrected chi connectivity index (χ3v) is 5.27. The van der Waals surface area contributed by atoms with Crippen LogP contribution in [0.3, 0.4) is 0 Å². The van der Waals surface area contributed by atoms with Crippen LogP contribution in [0, 0.1) is 5.92 Å². The molecule has 1 atom stereocenters. The van der Waals surface area contributed by atoms with Crippen molar-refractivity contribution < 1.29 is 9.21 Å². The van der Waals surface area contributed by atoms with E-state index in [9.17, 15) is 4.79 Å². The highest BCUT2D eigenvalue weighted by atomic mass is 35.5. The van der Waals surface area contributed by atoms with E-state index in [1.807, 2.05) is 14.1 Å². The number of oxazole rings is 1. The first-order chi connectivity index (χ1) is 11.5. The minimum Gasteiger partial charge on any atom is -0.423 e. The van der Waals surface area contributed by atoms with Gasteiger partial charge in [0, 0.05) is 37.8 Å². The van der Waals surface area contributed by atoms with Gasteiger partial charge in [0.25, 0.3) is 11.9 Å². The van der Waals surface area contributed by atoms with Crippen LogP contribution in [-0.4, -0.2) is 55.6 Å². The zero-order chi connectivity index (χ0) is 16.8. The van der Waals surface area contributed by atoms with E-state index in [1.54, 1.807) is 17.0 Å². The number of hydrogen-bond donors (Lipinski definition) is 1. The van der Waals surface area contributed by atoms with Crippen LogP contribution in [-0.2, 0) is 0 Å². The number of amides is 1. The summed E-state index contributed by atoms with van der Waals surface area (Å²) in [6.45, 7) is 3.23. The Bertz CT molecular complexity index is 784.